The molecule has 3 fully saturated rings. The Kier molecular flexibility index (Phi) is 8.99. The Morgan fingerprint density at radius 3 is 2.34 bits per heavy atom. The summed E-state index contributed by atoms with van der Waals surface area (Å²) in [6.07, 6.45) is 0.861. The Balaban J connectivity index is 1.62. The molecule has 0 aromatic heterocycles. The molecule has 2 saturated heterocycles. The second-order valence-corrected chi connectivity index (χ2v) is 22.1. The first-order valence-corrected chi connectivity index (χ1v) is 20.1. The lowest BCUT2D eigenvalue weighted by atomic mass is 9.55. The Morgan fingerprint density at radius 1 is 1.16 bits per heavy atom. The van der Waals surface area contributed by atoms with Crippen molar-refractivity contribution in [2.75, 3.05) is 0 Å². The van der Waals surface area contributed by atoms with Gasteiger partial charge in [0, 0.05) is 22.8 Å². The summed E-state index contributed by atoms with van der Waals surface area (Å²) in [5, 5.41) is -0.133. The average Bonchev–Trinajstić information content (AvgIpc) is 3.53. The third-order valence-corrected chi connectivity index (χ3v) is 17.6. The number of aldehydes is 2. The Bertz CT molecular complexity index is 1380. The highest BCUT2D eigenvalue weighted by molar-refractivity contribution is 9.09. The van der Waals surface area contributed by atoms with Crippen LogP contribution in [0.25, 0.3) is 0 Å². The SMILES string of the molecule is Cc1c([C@@H](C(Cl)Cl)[C@H](O[Si](C)(C)C(C)(C)C)[C@H]2C[C@@H](C)C(=O)O2)ccc2c1C(=O)[C@H]1[C@H]2C[C@H](Br)[C@]2(C=O)O[C@@H](C=O)C[C@]12C. The summed E-state index contributed by atoms with van der Waals surface area (Å²) in [5.74, 6) is -1.88. The van der Waals surface area contributed by atoms with Gasteiger partial charge in [-0.2, -0.15) is 0 Å². The first kappa shape index (κ1) is 34.2. The van der Waals surface area contributed by atoms with E-state index >= 15 is 0 Å². The maximum absolute atomic E-state index is 14.5. The third-order valence-electron chi connectivity index (χ3n) is 11.5. The molecule has 10 atom stereocenters. The van der Waals surface area contributed by atoms with Crippen molar-refractivity contribution < 1.29 is 33.1 Å². The zero-order chi connectivity index (χ0) is 32.7. The number of benzene rings is 1. The molecule has 0 radical (unpaired) electrons. The number of cyclic esters (lactones) is 1. The smallest absolute Gasteiger partial charge is 0.309 e. The summed E-state index contributed by atoms with van der Waals surface area (Å²) in [7, 11) is -2.41. The standard InChI is InChI=1S/C33H43BrCl2O7Si/c1-16-11-22(41-30(16)40)28(43-44(7,8)31(3,4)5)25(29(35)36)19-9-10-20-21-12-23(34)33(15-38)32(6,13-18(14-37)42-33)26(21)27(39)24(20)17(19)2/h9-10,14-16,18,21-23,25-26,28-29H,11-13H2,1-8H3/t16-,18-,21+,22-,23+,25-,26-,28-,32-,33+/m1/s1. The van der Waals surface area contributed by atoms with E-state index in [1.54, 1.807) is 0 Å². The van der Waals surface area contributed by atoms with Crippen molar-refractivity contribution in [1.29, 1.82) is 0 Å². The zero-order valence-electron chi connectivity index (χ0n) is 26.6. The van der Waals surface area contributed by atoms with Crippen molar-refractivity contribution in [2.45, 2.75) is 124 Å². The van der Waals surface area contributed by atoms with Crippen molar-refractivity contribution >= 4 is 71.8 Å². The van der Waals surface area contributed by atoms with Crippen molar-refractivity contribution in [3.8, 4) is 0 Å². The van der Waals surface area contributed by atoms with E-state index in [4.69, 9.17) is 37.1 Å². The van der Waals surface area contributed by atoms with Crippen LogP contribution in [-0.4, -0.2) is 66.2 Å². The highest BCUT2D eigenvalue weighted by Gasteiger charge is 2.71. The van der Waals surface area contributed by atoms with Gasteiger partial charge < -0.3 is 23.5 Å². The lowest BCUT2D eigenvalue weighted by Crippen LogP contribution is -2.60. The highest BCUT2D eigenvalue weighted by atomic mass is 79.9. The van der Waals surface area contributed by atoms with Crippen LogP contribution >= 0.6 is 39.1 Å². The van der Waals surface area contributed by atoms with Gasteiger partial charge in [-0.25, -0.2) is 0 Å². The third kappa shape index (κ3) is 5.02. The minimum atomic E-state index is -2.41. The Labute approximate surface area is 279 Å². The van der Waals surface area contributed by atoms with E-state index in [0.717, 1.165) is 29.3 Å². The van der Waals surface area contributed by atoms with Crippen molar-refractivity contribution in [3.05, 3.63) is 34.4 Å². The van der Waals surface area contributed by atoms with Gasteiger partial charge in [0.25, 0.3) is 0 Å². The lowest BCUT2D eigenvalue weighted by Gasteiger charge is -2.51. The lowest BCUT2D eigenvalue weighted by molar-refractivity contribution is -0.150. The number of esters is 1. The molecule has 4 aliphatic rings. The number of carbonyl (C=O) groups excluding carboxylic acids is 4. The van der Waals surface area contributed by atoms with Gasteiger partial charge in [-0.15, -0.1) is 23.2 Å². The fourth-order valence-corrected chi connectivity index (χ4v) is 11.1. The quantitative estimate of drug-likeness (QED) is 0.121. The maximum Gasteiger partial charge on any atom is 0.309 e. The molecule has 0 N–H and O–H groups in total. The number of ether oxygens (including phenoxy) is 2. The number of hydrogen-bond acceptors (Lipinski definition) is 7. The number of fused-ring (bicyclic) bond motifs is 5. The molecule has 242 valence electrons. The van der Waals surface area contributed by atoms with E-state index in [-0.39, 0.29) is 39.9 Å². The van der Waals surface area contributed by atoms with Crippen LogP contribution in [0.5, 0.6) is 0 Å². The normalized spacial score (nSPS) is 36.5. The molecular formula is C33H43BrCl2O7Si. The second kappa shape index (κ2) is 11.5. The van der Waals surface area contributed by atoms with Crippen molar-refractivity contribution in [2.24, 2.45) is 17.3 Å². The largest absolute Gasteiger partial charge is 0.459 e. The van der Waals surface area contributed by atoms with Crippen LogP contribution in [0, 0.1) is 24.2 Å². The summed E-state index contributed by atoms with van der Waals surface area (Å²) in [5.41, 5.74) is 0.889. The molecule has 0 spiro atoms. The van der Waals surface area contributed by atoms with Gasteiger partial charge in [0.2, 0.25) is 0 Å². The molecule has 5 rings (SSSR count). The van der Waals surface area contributed by atoms with Crippen LogP contribution < -0.4 is 0 Å². The number of Topliss-reactive ketones (excluding diaryl/α,β-unsaturated/α-hetero) is 1. The number of halogens is 3. The predicted molar refractivity (Wildman–Crippen MR) is 175 cm³/mol. The molecular weight excluding hydrogens is 687 g/mol. The minimum absolute atomic E-state index is 0.0603. The zero-order valence-corrected chi connectivity index (χ0v) is 30.7. The van der Waals surface area contributed by atoms with E-state index in [9.17, 15) is 19.2 Å². The summed E-state index contributed by atoms with van der Waals surface area (Å²) < 4.78 is 19.0. The van der Waals surface area contributed by atoms with Crippen molar-refractivity contribution in [1.82, 2.24) is 0 Å². The van der Waals surface area contributed by atoms with Crippen LogP contribution in [-0.2, 0) is 28.3 Å². The van der Waals surface area contributed by atoms with Crippen LogP contribution in [0.3, 0.4) is 0 Å². The summed E-state index contributed by atoms with van der Waals surface area (Å²) in [4.78, 5) is 50.4. The molecule has 1 aromatic carbocycles. The average molecular weight is 731 g/mol. The molecule has 0 bridgehead atoms. The van der Waals surface area contributed by atoms with Gasteiger partial charge in [-0.1, -0.05) is 62.7 Å². The number of alkyl halides is 3. The van der Waals surface area contributed by atoms with Crippen LogP contribution in [0.2, 0.25) is 18.1 Å². The molecule has 7 nitrogen and oxygen atoms in total. The van der Waals surface area contributed by atoms with E-state index in [0.29, 0.717) is 18.4 Å². The monoisotopic (exact) mass is 728 g/mol. The Hall–Kier alpha value is -1.10. The maximum atomic E-state index is 14.5. The van der Waals surface area contributed by atoms with E-state index in [2.05, 4.69) is 49.8 Å². The van der Waals surface area contributed by atoms with Crippen molar-refractivity contribution in [3.63, 3.8) is 0 Å². The van der Waals surface area contributed by atoms with E-state index < -0.39 is 54.3 Å². The van der Waals surface area contributed by atoms with E-state index in [1.165, 1.54) is 0 Å². The number of hydrogen-bond donors (Lipinski definition) is 0. The molecule has 2 aliphatic heterocycles. The topological polar surface area (TPSA) is 96.0 Å². The fraction of sp³-hybridized carbons (Fsp3) is 0.697. The molecule has 1 aromatic rings. The van der Waals surface area contributed by atoms with Gasteiger partial charge in [0.1, 0.15) is 28.9 Å². The molecule has 0 amide bonds. The molecule has 2 aliphatic carbocycles. The van der Waals surface area contributed by atoms with Gasteiger partial charge >= 0.3 is 5.97 Å². The summed E-state index contributed by atoms with van der Waals surface area (Å²) in [6, 6.07) is 3.97. The summed E-state index contributed by atoms with van der Waals surface area (Å²) >= 11 is 17.4. The minimum Gasteiger partial charge on any atom is -0.459 e. The number of rotatable bonds is 8. The molecule has 44 heavy (non-hydrogen) atoms. The molecule has 11 heteroatoms. The van der Waals surface area contributed by atoms with Gasteiger partial charge in [-0.3, -0.25) is 9.59 Å². The Morgan fingerprint density at radius 2 is 1.82 bits per heavy atom. The molecule has 1 saturated carbocycles. The van der Waals surface area contributed by atoms with Crippen LogP contribution in [0.1, 0.15) is 92.8 Å². The molecule has 0 unspecified atom stereocenters. The summed E-state index contributed by atoms with van der Waals surface area (Å²) in [6.45, 7) is 16.4. The molecule has 2 heterocycles. The van der Waals surface area contributed by atoms with Crippen LogP contribution in [0.15, 0.2) is 12.1 Å². The van der Waals surface area contributed by atoms with Gasteiger partial charge in [-0.05, 0) is 66.9 Å². The van der Waals surface area contributed by atoms with Gasteiger partial charge in [0.05, 0.1) is 16.8 Å². The first-order valence-electron chi connectivity index (χ1n) is 15.4. The van der Waals surface area contributed by atoms with Crippen LogP contribution in [0.4, 0.5) is 0 Å². The van der Waals surface area contributed by atoms with Gasteiger partial charge in [0.15, 0.2) is 20.4 Å². The number of carbonyl (C=O) groups is 4. The first-order chi connectivity index (χ1) is 20.3. The fourth-order valence-electron chi connectivity index (χ4n) is 8.09. The predicted octanol–water partition coefficient (Wildman–Crippen LogP) is 7.22. The highest BCUT2D eigenvalue weighted by Crippen LogP contribution is 2.65. The number of ketones is 1. The van der Waals surface area contributed by atoms with E-state index in [1.807, 2.05) is 32.9 Å². The second-order valence-electron chi connectivity index (χ2n) is 15.0.